The predicted octanol–water partition coefficient (Wildman–Crippen LogP) is -1.21. The lowest BCUT2D eigenvalue weighted by molar-refractivity contribution is -0.138. The minimum atomic E-state index is -1.07. The van der Waals surface area contributed by atoms with E-state index < -0.39 is 24.0 Å². The van der Waals surface area contributed by atoms with Crippen LogP contribution in [0.15, 0.2) is 0 Å². The molecular weight excluding hydrogens is 280 g/mol. The Morgan fingerprint density at radius 3 is 1.44 bits per heavy atom. The molecule has 10 heteroatoms. The fourth-order valence-electron chi connectivity index (χ4n) is 0.385. The van der Waals surface area contributed by atoms with E-state index in [9.17, 15) is 9.59 Å². The molecule has 2 atom stereocenters. The summed E-state index contributed by atoms with van der Waals surface area (Å²) in [5.41, 5.74) is 10.4. The average molecular weight is 295 g/mol. The minimum Gasteiger partial charge on any atom is -0.480 e. The molecule has 0 rings (SSSR count). The van der Waals surface area contributed by atoms with E-state index in [1.807, 2.05) is 0 Å². The number of aliphatic carboxylic acids is 2. The summed E-state index contributed by atoms with van der Waals surface area (Å²) in [6, 6.07) is -1.85. The number of carboxylic acids is 2. The van der Waals surface area contributed by atoms with Crippen molar-refractivity contribution in [2.45, 2.75) is 12.1 Å². The number of rotatable bonds is 7. The molecule has 0 amide bonds. The van der Waals surface area contributed by atoms with Crippen molar-refractivity contribution in [3.05, 3.63) is 0 Å². The summed E-state index contributed by atoms with van der Waals surface area (Å²) in [4.78, 5) is 20.5. The largest absolute Gasteiger partial charge is 0.480 e. The first-order valence-electron chi connectivity index (χ1n) is 3.66. The average Bonchev–Trinajstić information content (AvgIpc) is 2.11. The SMILES string of the molecule is Cl.NC(CSSCC(N)C(=O)O)C(=O)O.O. The first-order valence-corrected chi connectivity index (χ1v) is 6.15. The zero-order valence-corrected chi connectivity index (χ0v) is 10.6. The topological polar surface area (TPSA) is 158 Å². The number of carboxylic acid groups (broad SMARTS) is 2. The maximum atomic E-state index is 10.3. The molecule has 0 aliphatic heterocycles. The van der Waals surface area contributed by atoms with Gasteiger partial charge in [0, 0.05) is 11.5 Å². The Kier molecular flexibility index (Phi) is 14.9. The van der Waals surface area contributed by atoms with Crippen molar-refractivity contribution in [2.75, 3.05) is 11.5 Å². The molecular formula is C6H15ClN2O5S2. The molecule has 16 heavy (non-hydrogen) atoms. The zero-order valence-electron chi connectivity index (χ0n) is 8.16. The van der Waals surface area contributed by atoms with E-state index in [-0.39, 0.29) is 29.4 Å². The number of hydrogen-bond donors (Lipinski definition) is 4. The molecule has 0 aromatic rings. The van der Waals surface area contributed by atoms with E-state index in [1.54, 1.807) is 0 Å². The van der Waals surface area contributed by atoms with Crippen LogP contribution in [0, 0.1) is 0 Å². The Morgan fingerprint density at radius 2 is 1.25 bits per heavy atom. The van der Waals surface area contributed by atoms with Crippen LogP contribution in [0.4, 0.5) is 0 Å². The molecule has 0 aliphatic carbocycles. The van der Waals surface area contributed by atoms with Gasteiger partial charge in [-0.25, -0.2) is 0 Å². The van der Waals surface area contributed by atoms with Crippen LogP contribution in [0.5, 0.6) is 0 Å². The van der Waals surface area contributed by atoms with E-state index in [2.05, 4.69) is 0 Å². The van der Waals surface area contributed by atoms with Crippen molar-refractivity contribution in [2.24, 2.45) is 11.5 Å². The van der Waals surface area contributed by atoms with Crippen LogP contribution in [0.2, 0.25) is 0 Å². The molecule has 0 saturated carbocycles. The van der Waals surface area contributed by atoms with Gasteiger partial charge in [0.1, 0.15) is 12.1 Å². The first kappa shape index (κ1) is 21.1. The molecule has 0 aliphatic rings. The summed E-state index contributed by atoms with van der Waals surface area (Å²) in [5, 5.41) is 16.8. The van der Waals surface area contributed by atoms with Gasteiger partial charge in [-0.15, -0.1) is 12.4 Å². The molecule has 0 aromatic carbocycles. The smallest absolute Gasteiger partial charge is 0.321 e. The summed E-state index contributed by atoms with van der Waals surface area (Å²) >= 11 is 0. The second kappa shape index (κ2) is 11.3. The highest BCUT2D eigenvalue weighted by molar-refractivity contribution is 8.76. The van der Waals surface area contributed by atoms with Crippen LogP contribution in [0.1, 0.15) is 0 Å². The van der Waals surface area contributed by atoms with E-state index >= 15 is 0 Å². The minimum absolute atomic E-state index is 0. The molecule has 8 N–H and O–H groups in total. The van der Waals surface area contributed by atoms with E-state index in [0.29, 0.717) is 0 Å². The summed E-state index contributed by atoms with van der Waals surface area (Å²) in [5.74, 6) is -1.68. The van der Waals surface area contributed by atoms with Crippen molar-refractivity contribution in [1.82, 2.24) is 0 Å². The maximum Gasteiger partial charge on any atom is 0.321 e. The van der Waals surface area contributed by atoms with Gasteiger partial charge in [-0.2, -0.15) is 0 Å². The highest BCUT2D eigenvalue weighted by atomic mass is 35.5. The molecule has 0 spiro atoms. The lowest BCUT2D eigenvalue weighted by atomic mass is 10.4. The lowest BCUT2D eigenvalue weighted by Crippen LogP contribution is -2.33. The molecule has 0 aromatic heterocycles. The van der Waals surface area contributed by atoms with Gasteiger partial charge in [0.2, 0.25) is 0 Å². The van der Waals surface area contributed by atoms with Gasteiger partial charge >= 0.3 is 11.9 Å². The Balaban J connectivity index is -0.000000845. The Bertz CT molecular complexity index is 199. The second-order valence-electron chi connectivity index (χ2n) is 2.46. The van der Waals surface area contributed by atoms with Crippen LogP contribution < -0.4 is 11.5 Å². The number of hydrogen-bond acceptors (Lipinski definition) is 6. The molecule has 0 heterocycles. The number of halogens is 1. The zero-order chi connectivity index (χ0) is 11.1. The van der Waals surface area contributed by atoms with Crippen LogP contribution >= 0.6 is 34.0 Å². The maximum absolute atomic E-state index is 10.3. The Labute approximate surface area is 106 Å². The van der Waals surface area contributed by atoms with Gasteiger partial charge in [-0.05, 0) is 0 Å². The third-order valence-electron chi connectivity index (χ3n) is 1.21. The Hall–Kier alpha value is -0.190. The predicted molar refractivity (Wildman–Crippen MR) is 67.0 cm³/mol. The fraction of sp³-hybridized carbons (Fsp3) is 0.667. The molecule has 0 fully saturated rings. The number of carbonyl (C=O) groups is 2. The van der Waals surface area contributed by atoms with E-state index in [0.717, 1.165) is 0 Å². The third-order valence-corrected chi connectivity index (χ3v) is 3.69. The van der Waals surface area contributed by atoms with Gasteiger partial charge in [0.05, 0.1) is 0 Å². The molecule has 2 unspecified atom stereocenters. The highest BCUT2D eigenvalue weighted by Gasteiger charge is 2.14. The van der Waals surface area contributed by atoms with Crippen molar-refractivity contribution < 1.29 is 25.3 Å². The van der Waals surface area contributed by atoms with Gasteiger partial charge in [-0.3, -0.25) is 9.59 Å². The summed E-state index contributed by atoms with van der Waals surface area (Å²) < 4.78 is 0. The van der Waals surface area contributed by atoms with Crippen molar-refractivity contribution in [1.29, 1.82) is 0 Å². The third kappa shape index (κ3) is 10.3. The van der Waals surface area contributed by atoms with Gasteiger partial charge in [0.15, 0.2) is 0 Å². The molecule has 0 bridgehead atoms. The van der Waals surface area contributed by atoms with Crippen LogP contribution in [-0.2, 0) is 9.59 Å². The molecule has 7 nitrogen and oxygen atoms in total. The first-order chi connectivity index (χ1) is 6.45. The van der Waals surface area contributed by atoms with Crippen LogP contribution in [0.3, 0.4) is 0 Å². The van der Waals surface area contributed by atoms with Gasteiger partial charge in [0.25, 0.3) is 0 Å². The van der Waals surface area contributed by atoms with E-state index in [1.165, 1.54) is 21.6 Å². The summed E-state index contributed by atoms with van der Waals surface area (Å²) in [7, 11) is 2.41. The normalized spacial score (nSPS) is 12.9. The summed E-state index contributed by atoms with van der Waals surface area (Å²) in [6.45, 7) is 0. The van der Waals surface area contributed by atoms with Crippen LogP contribution in [0.25, 0.3) is 0 Å². The highest BCUT2D eigenvalue weighted by Crippen LogP contribution is 2.22. The van der Waals surface area contributed by atoms with Crippen molar-refractivity contribution in [3.63, 3.8) is 0 Å². The molecule has 0 saturated heterocycles. The van der Waals surface area contributed by atoms with Crippen LogP contribution in [-0.4, -0.2) is 51.2 Å². The standard InChI is InChI=1S/C6H12N2O4S2.ClH.H2O/c7-3(5(9)10)1-13-14-2-4(8)6(11)12;;/h3-4H,1-2,7-8H2,(H,9,10)(H,11,12);1H;1H2. The monoisotopic (exact) mass is 294 g/mol. The van der Waals surface area contributed by atoms with Crippen molar-refractivity contribution in [3.8, 4) is 0 Å². The lowest BCUT2D eigenvalue weighted by Gasteiger charge is -2.07. The molecule has 0 radical (unpaired) electrons. The van der Waals surface area contributed by atoms with E-state index in [4.69, 9.17) is 21.7 Å². The second-order valence-corrected chi connectivity index (χ2v) is 5.01. The molecule has 98 valence electrons. The fourth-order valence-corrected chi connectivity index (χ4v) is 2.61. The van der Waals surface area contributed by atoms with Gasteiger partial charge in [-0.1, -0.05) is 21.6 Å². The quantitative estimate of drug-likeness (QED) is 0.336. The summed E-state index contributed by atoms with van der Waals surface area (Å²) in [6.07, 6.45) is 0. The number of nitrogens with two attached hydrogens (primary N) is 2. The van der Waals surface area contributed by atoms with Crippen molar-refractivity contribution >= 4 is 45.9 Å². The van der Waals surface area contributed by atoms with Gasteiger partial charge < -0.3 is 27.2 Å². The Morgan fingerprint density at radius 1 is 1.00 bits per heavy atom.